The third kappa shape index (κ3) is 4.51. The minimum absolute atomic E-state index is 0.274. The Morgan fingerprint density at radius 3 is 2.56 bits per heavy atom. The minimum Gasteiger partial charge on any atom is -0.388 e. The van der Waals surface area contributed by atoms with Gasteiger partial charge in [-0.1, -0.05) is 42.5 Å². The van der Waals surface area contributed by atoms with E-state index in [9.17, 15) is 9.59 Å². The number of anilines is 3. The van der Waals surface area contributed by atoms with Gasteiger partial charge < -0.3 is 21.3 Å². The standard InChI is InChI=1S/C23H23N7O2/c1-25-17-9-5-8-16(10-17)14-30(13-15-6-3-2-4-7-15)23(32)22(31)28-19-12-26-21(24)18-11-27-29-20(18)19/h2-12,25H,13-14H2,1H3,(H2,24,26)(H,27,29)(H,28,31). The van der Waals surface area contributed by atoms with E-state index < -0.39 is 11.8 Å². The first-order valence-electron chi connectivity index (χ1n) is 10.0. The molecule has 2 aromatic carbocycles. The van der Waals surface area contributed by atoms with Gasteiger partial charge in [-0.2, -0.15) is 5.10 Å². The third-order valence-electron chi connectivity index (χ3n) is 5.05. The van der Waals surface area contributed by atoms with Crippen molar-refractivity contribution in [1.82, 2.24) is 20.1 Å². The second-order valence-corrected chi connectivity index (χ2v) is 7.27. The molecule has 5 N–H and O–H groups in total. The number of nitrogens with zero attached hydrogens (tertiary/aromatic N) is 3. The van der Waals surface area contributed by atoms with Gasteiger partial charge in [-0.3, -0.25) is 14.7 Å². The van der Waals surface area contributed by atoms with Crippen molar-refractivity contribution < 1.29 is 9.59 Å². The van der Waals surface area contributed by atoms with Crippen LogP contribution in [0.25, 0.3) is 10.9 Å². The molecule has 0 saturated carbocycles. The van der Waals surface area contributed by atoms with Crippen molar-refractivity contribution >= 4 is 39.9 Å². The Bertz CT molecular complexity index is 1250. The van der Waals surface area contributed by atoms with Crippen LogP contribution in [0.2, 0.25) is 0 Å². The van der Waals surface area contributed by atoms with E-state index in [0.717, 1.165) is 16.8 Å². The molecule has 0 aliphatic carbocycles. The van der Waals surface area contributed by atoms with Gasteiger partial charge in [-0.05, 0) is 23.3 Å². The van der Waals surface area contributed by atoms with Crippen LogP contribution in [0.15, 0.2) is 67.0 Å². The van der Waals surface area contributed by atoms with Gasteiger partial charge in [-0.15, -0.1) is 0 Å². The number of nitrogens with two attached hydrogens (primary N) is 1. The summed E-state index contributed by atoms with van der Waals surface area (Å²) >= 11 is 0. The largest absolute Gasteiger partial charge is 0.388 e. The minimum atomic E-state index is -0.770. The lowest BCUT2D eigenvalue weighted by Crippen LogP contribution is -2.39. The Morgan fingerprint density at radius 1 is 1.03 bits per heavy atom. The van der Waals surface area contributed by atoms with Crippen LogP contribution in [-0.4, -0.2) is 38.9 Å². The van der Waals surface area contributed by atoms with Crippen LogP contribution in [0.3, 0.4) is 0 Å². The first-order chi connectivity index (χ1) is 15.5. The zero-order valence-electron chi connectivity index (χ0n) is 17.5. The van der Waals surface area contributed by atoms with E-state index >= 15 is 0 Å². The number of fused-ring (bicyclic) bond motifs is 1. The number of carbonyl (C=O) groups excluding carboxylic acids is 2. The zero-order valence-corrected chi connectivity index (χ0v) is 17.5. The maximum absolute atomic E-state index is 13.2. The molecule has 9 nitrogen and oxygen atoms in total. The number of hydrogen-bond donors (Lipinski definition) is 4. The summed E-state index contributed by atoms with van der Waals surface area (Å²) in [6.07, 6.45) is 2.92. The van der Waals surface area contributed by atoms with Gasteiger partial charge in [0.15, 0.2) is 0 Å². The molecule has 2 aromatic heterocycles. The maximum Gasteiger partial charge on any atom is 0.314 e. The number of rotatable bonds is 6. The summed E-state index contributed by atoms with van der Waals surface area (Å²) in [5.41, 5.74) is 9.43. The fourth-order valence-corrected chi connectivity index (χ4v) is 3.42. The Labute approximate surface area is 184 Å². The van der Waals surface area contributed by atoms with Crippen molar-refractivity contribution in [1.29, 1.82) is 0 Å². The van der Waals surface area contributed by atoms with E-state index in [-0.39, 0.29) is 18.9 Å². The van der Waals surface area contributed by atoms with Gasteiger partial charge in [0.25, 0.3) is 0 Å². The van der Waals surface area contributed by atoms with Crippen molar-refractivity contribution in [2.24, 2.45) is 0 Å². The average Bonchev–Trinajstić information content (AvgIpc) is 3.32. The number of pyridine rings is 1. The molecule has 0 unspecified atom stereocenters. The second-order valence-electron chi connectivity index (χ2n) is 7.27. The predicted molar refractivity (Wildman–Crippen MR) is 124 cm³/mol. The Hall–Kier alpha value is -4.40. The fraction of sp³-hybridized carbons (Fsp3) is 0.130. The van der Waals surface area contributed by atoms with E-state index in [2.05, 4.69) is 25.8 Å². The van der Waals surface area contributed by atoms with Crippen molar-refractivity contribution in [2.75, 3.05) is 23.4 Å². The average molecular weight is 429 g/mol. The number of amides is 2. The van der Waals surface area contributed by atoms with Crippen LogP contribution in [0.5, 0.6) is 0 Å². The zero-order chi connectivity index (χ0) is 22.5. The first kappa shape index (κ1) is 20.9. The molecule has 0 bridgehead atoms. The summed E-state index contributed by atoms with van der Waals surface area (Å²) in [5.74, 6) is -1.14. The number of carbonyl (C=O) groups is 2. The summed E-state index contributed by atoms with van der Waals surface area (Å²) in [6, 6.07) is 17.2. The number of nitrogens with one attached hydrogen (secondary N) is 3. The van der Waals surface area contributed by atoms with Crippen LogP contribution in [0, 0.1) is 0 Å². The van der Waals surface area contributed by atoms with Gasteiger partial charge in [0, 0.05) is 25.8 Å². The molecule has 32 heavy (non-hydrogen) atoms. The van der Waals surface area contributed by atoms with E-state index in [1.807, 2.05) is 61.6 Å². The highest BCUT2D eigenvalue weighted by Gasteiger charge is 2.24. The molecule has 2 amide bonds. The summed E-state index contributed by atoms with van der Waals surface area (Å²) in [7, 11) is 1.83. The van der Waals surface area contributed by atoms with Crippen LogP contribution < -0.4 is 16.4 Å². The quantitative estimate of drug-likeness (QED) is 0.349. The van der Waals surface area contributed by atoms with Crippen LogP contribution in [0.4, 0.5) is 17.2 Å². The summed E-state index contributed by atoms with van der Waals surface area (Å²) in [4.78, 5) is 31.7. The monoisotopic (exact) mass is 429 g/mol. The Balaban J connectivity index is 1.58. The number of aromatic nitrogens is 3. The highest BCUT2D eigenvalue weighted by atomic mass is 16.2. The number of benzene rings is 2. The molecule has 4 aromatic rings. The predicted octanol–water partition coefficient (Wildman–Crippen LogP) is 2.75. The number of aromatic amines is 1. The van der Waals surface area contributed by atoms with Gasteiger partial charge in [0.1, 0.15) is 5.82 Å². The van der Waals surface area contributed by atoms with E-state index in [1.165, 1.54) is 17.3 Å². The lowest BCUT2D eigenvalue weighted by Gasteiger charge is -2.23. The molecule has 9 heteroatoms. The molecule has 0 fully saturated rings. The third-order valence-corrected chi connectivity index (χ3v) is 5.05. The van der Waals surface area contributed by atoms with Crippen molar-refractivity contribution in [3.05, 3.63) is 78.1 Å². The molecule has 0 radical (unpaired) electrons. The van der Waals surface area contributed by atoms with Crippen molar-refractivity contribution in [3.8, 4) is 0 Å². The summed E-state index contributed by atoms with van der Waals surface area (Å²) < 4.78 is 0. The van der Waals surface area contributed by atoms with Crippen LogP contribution in [-0.2, 0) is 22.7 Å². The topological polar surface area (TPSA) is 129 Å². The van der Waals surface area contributed by atoms with Crippen LogP contribution in [0.1, 0.15) is 11.1 Å². The molecule has 0 saturated heterocycles. The maximum atomic E-state index is 13.2. The lowest BCUT2D eigenvalue weighted by molar-refractivity contribution is -0.144. The highest BCUT2D eigenvalue weighted by molar-refractivity contribution is 6.40. The lowest BCUT2D eigenvalue weighted by atomic mass is 10.1. The van der Waals surface area contributed by atoms with Gasteiger partial charge >= 0.3 is 11.8 Å². The number of H-pyrrole nitrogens is 1. The molecule has 0 aliphatic heterocycles. The van der Waals surface area contributed by atoms with Crippen molar-refractivity contribution in [2.45, 2.75) is 13.1 Å². The molecule has 0 atom stereocenters. The second kappa shape index (κ2) is 9.17. The molecule has 4 rings (SSSR count). The normalized spacial score (nSPS) is 10.7. The van der Waals surface area contributed by atoms with Gasteiger partial charge in [-0.25, -0.2) is 4.98 Å². The number of nitrogen functional groups attached to an aromatic ring is 1. The SMILES string of the molecule is CNc1cccc(CN(Cc2ccccc2)C(=O)C(=O)Nc2cnc(N)c3cn[nH]c23)c1. The highest BCUT2D eigenvalue weighted by Crippen LogP contribution is 2.24. The molecule has 162 valence electrons. The van der Waals surface area contributed by atoms with E-state index in [4.69, 9.17) is 5.73 Å². The Morgan fingerprint density at radius 2 is 1.78 bits per heavy atom. The molecule has 0 spiro atoms. The Kier molecular flexibility index (Phi) is 5.98. The summed E-state index contributed by atoms with van der Waals surface area (Å²) in [5, 5.41) is 13.0. The summed E-state index contributed by atoms with van der Waals surface area (Å²) in [6.45, 7) is 0.562. The molecular weight excluding hydrogens is 406 g/mol. The molecule has 0 aliphatic rings. The smallest absolute Gasteiger partial charge is 0.314 e. The van der Waals surface area contributed by atoms with E-state index in [1.54, 1.807) is 0 Å². The molecule has 2 heterocycles. The van der Waals surface area contributed by atoms with Gasteiger partial charge in [0.05, 0.1) is 29.0 Å². The fourth-order valence-electron chi connectivity index (χ4n) is 3.42. The van der Waals surface area contributed by atoms with Crippen molar-refractivity contribution in [3.63, 3.8) is 0 Å². The van der Waals surface area contributed by atoms with E-state index in [0.29, 0.717) is 16.6 Å². The molecular formula is C23H23N7O2. The number of hydrogen-bond acceptors (Lipinski definition) is 6. The first-order valence-corrected chi connectivity index (χ1v) is 10.0. The van der Waals surface area contributed by atoms with Crippen LogP contribution >= 0.6 is 0 Å². The van der Waals surface area contributed by atoms with Gasteiger partial charge in [0.2, 0.25) is 0 Å².